The van der Waals surface area contributed by atoms with Gasteiger partial charge in [0, 0.05) is 0 Å². The van der Waals surface area contributed by atoms with Crippen LogP contribution in [0.2, 0.25) is 0 Å². The third kappa shape index (κ3) is 2.77. The summed E-state index contributed by atoms with van der Waals surface area (Å²) in [5, 5.41) is 0.433. The minimum absolute atomic E-state index is 0.136. The highest BCUT2D eigenvalue weighted by Gasteiger charge is 2.12. The molecule has 2 aromatic rings. The van der Waals surface area contributed by atoms with Gasteiger partial charge in [-0.3, -0.25) is 0 Å². The SMILES string of the molecule is NNc1ncnc(Sc2cc(F)ccc2F)c1Br. The second kappa shape index (κ2) is 5.59. The second-order valence-electron chi connectivity index (χ2n) is 3.16. The zero-order chi connectivity index (χ0) is 13.1. The first kappa shape index (κ1) is 13.2. The summed E-state index contributed by atoms with van der Waals surface area (Å²) in [6, 6.07) is 3.22. The van der Waals surface area contributed by atoms with Gasteiger partial charge in [0.15, 0.2) is 5.82 Å². The molecule has 4 nitrogen and oxygen atoms in total. The van der Waals surface area contributed by atoms with Crippen LogP contribution in [0.5, 0.6) is 0 Å². The summed E-state index contributed by atoms with van der Waals surface area (Å²) in [4.78, 5) is 7.97. The van der Waals surface area contributed by atoms with Gasteiger partial charge in [0.1, 0.15) is 23.0 Å². The van der Waals surface area contributed by atoms with Gasteiger partial charge in [-0.1, -0.05) is 11.8 Å². The van der Waals surface area contributed by atoms with Gasteiger partial charge >= 0.3 is 0 Å². The van der Waals surface area contributed by atoms with E-state index in [0.717, 1.165) is 30.0 Å². The van der Waals surface area contributed by atoms with Crippen LogP contribution in [0.4, 0.5) is 14.6 Å². The van der Waals surface area contributed by atoms with Crippen LogP contribution in [0.1, 0.15) is 0 Å². The average Bonchev–Trinajstić information content (AvgIpc) is 2.36. The molecule has 0 bridgehead atoms. The fourth-order valence-electron chi connectivity index (χ4n) is 1.19. The molecule has 94 valence electrons. The van der Waals surface area contributed by atoms with Gasteiger partial charge in [0.05, 0.1) is 9.37 Å². The van der Waals surface area contributed by atoms with Crippen LogP contribution in [0.3, 0.4) is 0 Å². The number of rotatable bonds is 3. The van der Waals surface area contributed by atoms with Crippen molar-refractivity contribution in [1.29, 1.82) is 0 Å². The maximum Gasteiger partial charge on any atom is 0.158 e. The van der Waals surface area contributed by atoms with Crippen molar-refractivity contribution in [1.82, 2.24) is 9.97 Å². The molecular weight excluding hydrogens is 326 g/mol. The summed E-state index contributed by atoms with van der Waals surface area (Å²) in [6.07, 6.45) is 1.28. The summed E-state index contributed by atoms with van der Waals surface area (Å²) in [5.74, 6) is 4.59. The lowest BCUT2D eigenvalue weighted by atomic mass is 10.3. The minimum atomic E-state index is -0.519. The van der Waals surface area contributed by atoms with E-state index in [4.69, 9.17) is 5.84 Å². The Labute approximate surface area is 114 Å². The van der Waals surface area contributed by atoms with Gasteiger partial charge in [-0.15, -0.1) is 0 Å². The third-order valence-electron chi connectivity index (χ3n) is 1.99. The van der Waals surface area contributed by atoms with E-state index in [-0.39, 0.29) is 4.90 Å². The van der Waals surface area contributed by atoms with Gasteiger partial charge in [-0.2, -0.15) is 0 Å². The van der Waals surface area contributed by atoms with E-state index >= 15 is 0 Å². The van der Waals surface area contributed by atoms with Crippen molar-refractivity contribution in [2.75, 3.05) is 5.43 Å². The molecule has 0 saturated heterocycles. The molecule has 1 aromatic carbocycles. The van der Waals surface area contributed by atoms with Crippen LogP contribution >= 0.6 is 27.7 Å². The highest BCUT2D eigenvalue weighted by Crippen LogP contribution is 2.35. The summed E-state index contributed by atoms with van der Waals surface area (Å²) < 4.78 is 27.0. The van der Waals surface area contributed by atoms with Gasteiger partial charge in [-0.05, 0) is 34.1 Å². The van der Waals surface area contributed by atoms with E-state index in [0.29, 0.717) is 15.3 Å². The molecule has 2 rings (SSSR count). The van der Waals surface area contributed by atoms with E-state index in [1.54, 1.807) is 0 Å². The first-order valence-corrected chi connectivity index (χ1v) is 6.33. The summed E-state index contributed by atoms with van der Waals surface area (Å²) in [7, 11) is 0. The van der Waals surface area contributed by atoms with E-state index in [1.165, 1.54) is 6.33 Å². The van der Waals surface area contributed by atoms with Crippen LogP contribution in [-0.2, 0) is 0 Å². The lowest BCUT2D eigenvalue weighted by molar-refractivity contribution is 0.577. The predicted octanol–water partition coefficient (Wildman–Crippen LogP) is 2.95. The Kier molecular flexibility index (Phi) is 4.10. The fourth-order valence-corrected chi connectivity index (χ4v) is 2.58. The number of nitrogen functional groups attached to an aromatic ring is 1. The molecule has 0 aliphatic carbocycles. The number of nitrogens with zero attached hydrogens (tertiary/aromatic N) is 2. The lowest BCUT2D eigenvalue weighted by Gasteiger charge is -2.07. The Morgan fingerprint density at radius 1 is 1.28 bits per heavy atom. The Bertz CT molecular complexity index is 582. The third-order valence-corrected chi connectivity index (χ3v) is 4.04. The van der Waals surface area contributed by atoms with Crippen molar-refractivity contribution in [2.24, 2.45) is 5.84 Å². The number of nitrogens with one attached hydrogen (secondary N) is 1. The van der Waals surface area contributed by atoms with Crippen molar-refractivity contribution < 1.29 is 8.78 Å². The van der Waals surface area contributed by atoms with Crippen LogP contribution in [0.15, 0.2) is 38.9 Å². The van der Waals surface area contributed by atoms with Gasteiger partial charge in [-0.25, -0.2) is 24.6 Å². The molecule has 0 aliphatic heterocycles. The van der Waals surface area contributed by atoms with Crippen molar-refractivity contribution in [3.8, 4) is 0 Å². The average molecular weight is 333 g/mol. The molecular formula is C10H7BrF2N4S. The number of nitrogens with two attached hydrogens (primary N) is 1. The molecule has 8 heteroatoms. The number of hydrazine groups is 1. The summed E-state index contributed by atoms with van der Waals surface area (Å²) in [5.41, 5.74) is 2.37. The second-order valence-corrected chi connectivity index (χ2v) is 4.99. The Hall–Kier alpha value is -1.25. The molecule has 0 saturated carbocycles. The van der Waals surface area contributed by atoms with Crippen LogP contribution in [0.25, 0.3) is 0 Å². The molecule has 0 atom stereocenters. The maximum absolute atomic E-state index is 13.5. The molecule has 18 heavy (non-hydrogen) atoms. The number of aromatic nitrogens is 2. The highest BCUT2D eigenvalue weighted by molar-refractivity contribution is 9.10. The van der Waals surface area contributed by atoms with Crippen molar-refractivity contribution >= 4 is 33.5 Å². The van der Waals surface area contributed by atoms with Crippen LogP contribution < -0.4 is 11.3 Å². The van der Waals surface area contributed by atoms with Crippen LogP contribution in [0, 0.1) is 11.6 Å². The van der Waals surface area contributed by atoms with Gasteiger partial charge < -0.3 is 5.43 Å². The zero-order valence-electron chi connectivity index (χ0n) is 8.82. The molecule has 1 heterocycles. The first-order valence-electron chi connectivity index (χ1n) is 4.72. The quantitative estimate of drug-likeness (QED) is 0.514. The largest absolute Gasteiger partial charge is 0.307 e. The predicted molar refractivity (Wildman–Crippen MR) is 68.0 cm³/mol. The topological polar surface area (TPSA) is 63.8 Å². The van der Waals surface area contributed by atoms with E-state index in [2.05, 4.69) is 31.3 Å². The van der Waals surface area contributed by atoms with E-state index in [9.17, 15) is 8.78 Å². The molecule has 0 fully saturated rings. The summed E-state index contributed by atoms with van der Waals surface area (Å²) >= 11 is 4.21. The first-order chi connectivity index (χ1) is 8.61. The molecule has 0 radical (unpaired) electrons. The van der Waals surface area contributed by atoms with Gasteiger partial charge in [0.25, 0.3) is 0 Å². The number of benzene rings is 1. The van der Waals surface area contributed by atoms with Crippen molar-refractivity contribution in [3.05, 3.63) is 40.6 Å². The standard InChI is InChI=1S/C10H7BrF2N4S/c11-8-9(17-14)15-4-16-10(8)18-7-3-5(12)1-2-6(7)13/h1-4H,14H2,(H,15,16,17). The minimum Gasteiger partial charge on any atom is -0.307 e. The van der Waals surface area contributed by atoms with Gasteiger partial charge in [0.2, 0.25) is 0 Å². The number of anilines is 1. The zero-order valence-corrected chi connectivity index (χ0v) is 11.2. The number of hydrogen-bond donors (Lipinski definition) is 2. The van der Waals surface area contributed by atoms with E-state index in [1.807, 2.05) is 0 Å². The number of halogens is 3. The molecule has 0 unspecified atom stereocenters. The molecule has 0 spiro atoms. The van der Waals surface area contributed by atoms with Crippen LogP contribution in [-0.4, -0.2) is 9.97 Å². The molecule has 0 aliphatic rings. The number of hydrogen-bond acceptors (Lipinski definition) is 5. The monoisotopic (exact) mass is 332 g/mol. The lowest BCUT2D eigenvalue weighted by Crippen LogP contribution is -2.09. The molecule has 1 aromatic heterocycles. The molecule has 0 amide bonds. The fraction of sp³-hybridized carbons (Fsp3) is 0. The normalized spacial score (nSPS) is 10.4. The maximum atomic E-state index is 13.5. The van der Waals surface area contributed by atoms with Crippen molar-refractivity contribution in [2.45, 2.75) is 9.92 Å². The molecule has 3 N–H and O–H groups in total. The Balaban J connectivity index is 2.37. The highest BCUT2D eigenvalue weighted by atomic mass is 79.9. The smallest absolute Gasteiger partial charge is 0.158 e. The summed E-state index contributed by atoms with van der Waals surface area (Å²) in [6.45, 7) is 0. The Morgan fingerprint density at radius 2 is 2.06 bits per heavy atom. The Morgan fingerprint density at radius 3 is 2.78 bits per heavy atom. The van der Waals surface area contributed by atoms with E-state index < -0.39 is 11.6 Å². The van der Waals surface area contributed by atoms with Crippen molar-refractivity contribution in [3.63, 3.8) is 0 Å².